The first-order chi connectivity index (χ1) is 8.88. The molecule has 2 aromatic rings. The lowest BCUT2D eigenvalue weighted by Gasteiger charge is -2.28. The van der Waals surface area contributed by atoms with E-state index in [-0.39, 0.29) is 0 Å². The van der Waals surface area contributed by atoms with Gasteiger partial charge in [-0.15, -0.1) is 0 Å². The Balaban J connectivity index is 1.57. The molecule has 2 bridgehead atoms. The first kappa shape index (κ1) is 10.4. The highest BCUT2D eigenvalue weighted by molar-refractivity contribution is 5.91. The molecule has 0 aliphatic heterocycles. The summed E-state index contributed by atoms with van der Waals surface area (Å²) < 4.78 is 0. The van der Waals surface area contributed by atoms with Crippen LogP contribution < -0.4 is 5.32 Å². The van der Waals surface area contributed by atoms with E-state index in [0.29, 0.717) is 6.04 Å². The topological polar surface area (TPSA) is 40.7 Å². The Hall–Kier alpha value is -1.51. The van der Waals surface area contributed by atoms with Gasteiger partial charge in [0.2, 0.25) is 0 Å². The molecule has 0 saturated heterocycles. The van der Waals surface area contributed by atoms with Gasteiger partial charge in [-0.05, 0) is 37.2 Å². The third kappa shape index (κ3) is 1.69. The van der Waals surface area contributed by atoms with Crippen LogP contribution in [0.1, 0.15) is 32.1 Å². The molecule has 2 aliphatic rings. The van der Waals surface area contributed by atoms with Gasteiger partial charge in [0.1, 0.15) is 0 Å². The number of rotatable bonds is 2. The second kappa shape index (κ2) is 4.01. The molecule has 0 spiro atoms. The lowest BCUT2D eigenvalue weighted by Crippen LogP contribution is -2.27. The van der Waals surface area contributed by atoms with Gasteiger partial charge in [0.05, 0.1) is 17.4 Å². The monoisotopic (exact) mass is 241 g/mol. The van der Waals surface area contributed by atoms with Crippen molar-refractivity contribution in [1.82, 2.24) is 9.97 Å². The predicted molar refractivity (Wildman–Crippen MR) is 73.6 cm³/mol. The quantitative estimate of drug-likeness (QED) is 0.844. The van der Waals surface area contributed by atoms with Gasteiger partial charge in [-0.1, -0.05) is 12.8 Å². The number of pyridine rings is 1. The van der Waals surface area contributed by atoms with Crippen molar-refractivity contribution < 1.29 is 0 Å². The number of nitrogens with zero attached hydrogens (tertiary/aromatic N) is 1. The van der Waals surface area contributed by atoms with Crippen LogP contribution >= 0.6 is 0 Å². The van der Waals surface area contributed by atoms with Crippen LogP contribution in [0.2, 0.25) is 0 Å². The van der Waals surface area contributed by atoms with E-state index in [1.54, 1.807) is 0 Å². The molecular formula is C15H19N3. The Kier molecular flexibility index (Phi) is 2.32. The molecule has 2 saturated carbocycles. The number of nitrogens with one attached hydrogen (secondary N) is 2. The van der Waals surface area contributed by atoms with Crippen molar-refractivity contribution in [2.45, 2.75) is 38.1 Å². The average molecular weight is 241 g/mol. The molecule has 2 aromatic heterocycles. The Labute approximate surface area is 107 Å². The fourth-order valence-electron chi connectivity index (χ4n) is 3.94. The molecule has 0 amide bonds. The summed E-state index contributed by atoms with van der Waals surface area (Å²) in [5, 5.41) is 5.01. The molecular weight excluding hydrogens is 222 g/mol. The number of hydrogen-bond acceptors (Lipinski definition) is 2. The second-order valence-electron chi connectivity index (χ2n) is 5.98. The molecule has 2 heterocycles. The van der Waals surface area contributed by atoms with E-state index in [2.05, 4.69) is 27.5 Å². The maximum Gasteiger partial charge on any atom is 0.0661 e. The molecule has 2 N–H and O–H groups in total. The van der Waals surface area contributed by atoms with Crippen LogP contribution in [0.5, 0.6) is 0 Å². The van der Waals surface area contributed by atoms with Gasteiger partial charge in [-0.3, -0.25) is 4.98 Å². The van der Waals surface area contributed by atoms with Crippen LogP contribution in [0, 0.1) is 11.8 Å². The summed E-state index contributed by atoms with van der Waals surface area (Å²) in [5.41, 5.74) is 2.37. The third-order valence-corrected chi connectivity index (χ3v) is 4.73. The van der Waals surface area contributed by atoms with E-state index in [4.69, 9.17) is 0 Å². The second-order valence-corrected chi connectivity index (χ2v) is 5.98. The van der Waals surface area contributed by atoms with Gasteiger partial charge >= 0.3 is 0 Å². The van der Waals surface area contributed by atoms with Crippen molar-refractivity contribution in [3.8, 4) is 0 Å². The first-order valence-corrected chi connectivity index (χ1v) is 7.06. The highest BCUT2D eigenvalue weighted by atomic mass is 15.0. The van der Waals surface area contributed by atoms with Crippen LogP contribution in [-0.4, -0.2) is 16.0 Å². The number of aromatic amines is 1. The van der Waals surface area contributed by atoms with Crippen molar-refractivity contribution in [2.75, 3.05) is 5.32 Å². The minimum absolute atomic E-state index is 0.670. The molecule has 94 valence electrons. The lowest BCUT2D eigenvalue weighted by atomic mass is 9.85. The van der Waals surface area contributed by atoms with Gasteiger partial charge in [0.15, 0.2) is 0 Å². The minimum atomic E-state index is 0.670. The normalized spacial score (nSPS) is 30.8. The summed E-state index contributed by atoms with van der Waals surface area (Å²) in [6.45, 7) is 0. The molecule has 2 unspecified atom stereocenters. The molecule has 18 heavy (non-hydrogen) atoms. The smallest absolute Gasteiger partial charge is 0.0661 e. The van der Waals surface area contributed by atoms with Gasteiger partial charge in [-0.2, -0.15) is 0 Å². The number of aromatic nitrogens is 2. The van der Waals surface area contributed by atoms with E-state index < -0.39 is 0 Å². The summed E-state index contributed by atoms with van der Waals surface area (Å²) in [6.07, 6.45) is 13.0. The standard InChI is InChI=1S/C15H19N3/c1-2-11-5-10(1)6-12(7-11)18-15-9-17-14-8-16-4-3-13(14)15/h3-4,8-12,17-18H,1-2,5-7H2. The van der Waals surface area contributed by atoms with Crippen LogP contribution in [0.15, 0.2) is 24.7 Å². The summed E-state index contributed by atoms with van der Waals surface area (Å²) in [6, 6.07) is 2.76. The van der Waals surface area contributed by atoms with Crippen LogP contribution in [-0.2, 0) is 0 Å². The van der Waals surface area contributed by atoms with E-state index in [1.165, 1.54) is 43.2 Å². The molecule has 2 fully saturated rings. The highest BCUT2D eigenvalue weighted by Gasteiger charge is 2.34. The zero-order valence-corrected chi connectivity index (χ0v) is 10.5. The largest absolute Gasteiger partial charge is 0.381 e. The SMILES string of the molecule is c1cc2c(NC3CC4CCC(C4)C3)c[nH]c2cn1. The average Bonchev–Trinajstić information content (AvgIpc) is 2.94. The molecule has 2 atom stereocenters. The van der Waals surface area contributed by atoms with Gasteiger partial charge in [0, 0.05) is 23.8 Å². The molecule has 0 radical (unpaired) electrons. The summed E-state index contributed by atoms with van der Waals surface area (Å²) >= 11 is 0. The van der Waals surface area contributed by atoms with E-state index in [1.807, 2.05) is 12.4 Å². The number of hydrogen-bond donors (Lipinski definition) is 2. The Morgan fingerprint density at radius 3 is 2.83 bits per heavy atom. The Morgan fingerprint density at radius 2 is 2.00 bits per heavy atom. The van der Waals surface area contributed by atoms with Crippen molar-refractivity contribution in [2.24, 2.45) is 11.8 Å². The fraction of sp³-hybridized carbons (Fsp3) is 0.533. The molecule has 4 rings (SSSR count). The minimum Gasteiger partial charge on any atom is -0.381 e. The van der Waals surface area contributed by atoms with Crippen LogP contribution in [0.4, 0.5) is 5.69 Å². The number of H-pyrrole nitrogens is 1. The number of fused-ring (bicyclic) bond motifs is 3. The highest BCUT2D eigenvalue weighted by Crippen LogP contribution is 2.43. The fourth-order valence-corrected chi connectivity index (χ4v) is 3.94. The zero-order valence-electron chi connectivity index (χ0n) is 10.5. The first-order valence-electron chi connectivity index (χ1n) is 7.06. The Morgan fingerprint density at radius 1 is 1.17 bits per heavy atom. The molecule has 3 heteroatoms. The summed E-state index contributed by atoms with van der Waals surface area (Å²) in [4.78, 5) is 7.44. The molecule has 2 aliphatic carbocycles. The molecule has 3 nitrogen and oxygen atoms in total. The van der Waals surface area contributed by atoms with Crippen LogP contribution in [0.3, 0.4) is 0 Å². The van der Waals surface area contributed by atoms with Gasteiger partial charge in [-0.25, -0.2) is 0 Å². The van der Waals surface area contributed by atoms with Gasteiger partial charge < -0.3 is 10.3 Å². The van der Waals surface area contributed by atoms with Crippen molar-refractivity contribution in [3.05, 3.63) is 24.7 Å². The van der Waals surface area contributed by atoms with E-state index >= 15 is 0 Å². The van der Waals surface area contributed by atoms with Gasteiger partial charge in [0.25, 0.3) is 0 Å². The van der Waals surface area contributed by atoms with E-state index in [9.17, 15) is 0 Å². The summed E-state index contributed by atoms with van der Waals surface area (Å²) in [7, 11) is 0. The zero-order chi connectivity index (χ0) is 11.9. The molecule has 0 aromatic carbocycles. The maximum absolute atomic E-state index is 4.15. The predicted octanol–water partition coefficient (Wildman–Crippen LogP) is 3.55. The summed E-state index contributed by atoms with van der Waals surface area (Å²) in [5.74, 6) is 1.96. The van der Waals surface area contributed by atoms with Crippen molar-refractivity contribution >= 4 is 16.6 Å². The number of anilines is 1. The lowest BCUT2D eigenvalue weighted by molar-refractivity contribution is 0.334. The Bertz CT molecular complexity index is 548. The third-order valence-electron chi connectivity index (χ3n) is 4.73. The maximum atomic E-state index is 4.15. The van der Waals surface area contributed by atoms with Crippen molar-refractivity contribution in [3.63, 3.8) is 0 Å². The van der Waals surface area contributed by atoms with E-state index in [0.717, 1.165) is 17.4 Å². The van der Waals surface area contributed by atoms with Crippen LogP contribution in [0.25, 0.3) is 10.9 Å². The van der Waals surface area contributed by atoms with Crippen molar-refractivity contribution in [1.29, 1.82) is 0 Å².